The summed E-state index contributed by atoms with van der Waals surface area (Å²) in [4.78, 5) is 22.3. The van der Waals surface area contributed by atoms with Crippen molar-refractivity contribution in [2.75, 3.05) is 0 Å². The number of rotatable bonds is 2. The molecule has 0 bridgehead atoms. The van der Waals surface area contributed by atoms with Crippen LogP contribution in [0.2, 0.25) is 5.02 Å². The van der Waals surface area contributed by atoms with Crippen LogP contribution in [0, 0.1) is 0 Å². The van der Waals surface area contributed by atoms with Crippen molar-refractivity contribution in [1.29, 1.82) is 0 Å². The Hall–Kier alpha value is -1.92. The number of carboxylic acids is 1. The molecule has 0 saturated heterocycles. The summed E-state index contributed by atoms with van der Waals surface area (Å²) < 4.78 is 0.872. The standard InChI is InChI=1S/C13H7BrClN3O2/c14-7-1-2-9(15)8(4-7)11-17-10-3-6(13(19)20)5-16-12(10)18-11/h1-5H,(H,19,20)(H,16,17,18). The van der Waals surface area contributed by atoms with Crippen LogP contribution in [0.1, 0.15) is 10.4 Å². The number of aromatic carboxylic acids is 1. The van der Waals surface area contributed by atoms with Gasteiger partial charge >= 0.3 is 5.97 Å². The maximum absolute atomic E-state index is 10.9. The molecule has 1 aromatic carbocycles. The Balaban J connectivity index is 2.17. The minimum Gasteiger partial charge on any atom is -0.478 e. The van der Waals surface area contributed by atoms with Crippen LogP contribution in [-0.4, -0.2) is 26.0 Å². The molecule has 2 heterocycles. The lowest BCUT2D eigenvalue weighted by Gasteiger charge is -2.00. The van der Waals surface area contributed by atoms with E-state index in [1.807, 2.05) is 12.1 Å². The molecule has 0 fully saturated rings. The van der Waals surface area contributed by atoms with Crippen molar-refractivity contribution in [3.8, 4) is 11.4 Å². The lowest BCUT2D eigenvalue weighted by molar-refractivity contribution is 0.0696. The number of benzene rings is 1. The number of nitrogens with zero attached hydrogens (tertiary/aromatic N) is 2. The number of nitrogens with one attached hydrogen (secondary N) is 1. The summed E-state index contributed by atoms with van der Waals surface area (Å²) in [6.45, 7) is 0. The number of H-pyrrole nitrogens is 1. The van der Waals surface area contributed by atoms with Crippen molar-refractivity contribution in [3.63, 3.8) is 0 Å². The number of hydrogen-bond acceptors (Lipinski definition) is 3. The van der Waals surface area contributed by atoms with Crippen molar-refractivity contribution in [2.45, 2.75) is 0 Å². The smallest absolute Gasteiger partial charge is 0.337 e. The molecular weight excluding hydrogens is 346 g/mol. The number of fused-ring (bicyclic) bond motifs is 1. The third-order valence-corrected chi connectivity index (χ3v) is 3.59. The van der Waals surface area contributed by atoms with E-state index in [1.54, 1.807) is 6.07 Å². The van der Waals surface area contributed by atoms with Gasteiger partial charge in [0.05, 0.1) is 16.1 Å². The number of aromatic nitrogens is 3. The monoisotopic (exact) mass is 351 g/mol. The zero-order valence-corrected chi connectivity index (χ0v) is 12.2. The van der Waals surface area contributed by atoms with Crippen LogP contribution in [0.3, 0.4) is 0 Å². The van der Waals surface area contributed by atoms with Gasteiger partial charge in [-0.05, 0) is 24.3 Å². The van der Waals surface area contributed by atoms with Gasteiger partial charge in [0.25, 0.3) is 0 Å². The van der Waals surface area contributed by atoms with E-state index < -0.39 is 5.97 Å². The minimum atomic E-state index is -1.03. The highest BCUT2D eigenvalue weighted by Crippen LogP contribution is 2.29. The molecule has 20 heavy (non-hydrogen) atoms. The van der Waals surface area contributed by atoms with Crippen molar-refractivity contribution in [2.24, 2.45) is 0 Å². The maximum Gasteiger partial charge on any atom is 0.337 e. The normalized spacial score (nSPS) is 10.9. The van der Waals surface area contributed by atoms with Crippen LogP contribution in [0.4, 0.5) is 0 Å². The number of pyridine rings is 1. The van der Waals surface area contributed by atoms with Crippen LogP contribution in [0.25, 0.3) is 22.6 Å². The second kappa shape index (κ2) is 4.88. The first-order valence-electron chi connectivity index (χ1n) is 5.59. The Labute approximate surface area is 126 Å². The molecule has 0 saturated carbocycles. The highest BCUT2D eigenvalue weighted by atomic mass is 79.9. The molecule has 3 aromatic rings. The fourth-order valence-electron chi connectivity index (χ4n) is 1.82. The van der Waals surface area contributed by atoms with Crippen LogP contribution in [0.5, 0.6) is 0 Å². The summed E-state index contributed by atoms with van der Waals surface area (Å²) >= 11 is 9.52. The largest absolute Gasteiger partial charge is 0.478 e. The molecule has 3 rings (SSSR count). The van der Waals surface area contributed by atoms with Gasteiger partial charge in [-0.25, -0.2) is 14.8 Å². The van der Waals surface area contributed by atoms with Gasteiger partial charge in [-0.2, -0.15) is 0 Å². The molecule has 0 radical (unpaired) electrons. The van der Waals surface area contributed by atoms with E-state index in [9.17, 15) is 4.79 Å². The van der Waals surface area contributed by atoms with Crippen LogP contribution in [-0.2, 0) is 0 Å². The van der Waals surface area contributed by atoms with Crippen molar-refractivity contribution >= 4 is 44.7 Å². The van der Waals surface area contributed by atoms with Gasteiger partial charge in [0.15, 0.2) is 5.65 Å². The fourth-order valence-corrected chi connectivity index (χ4v) is 2.39. The number of aromatic amines is 1. The second-order valence-corrected chi connectivity index (χ2v) is 5.43. The molecule has 0 aliphatic rings. The number of carboxylic acid groups (broad SMARTS) is 1. The van der Waals surface area contributed by atoms with Crippen molar-refractivity contribution < 1.29 is 9.90 Å². The SMILES string of the molecule is O=C(O)c1cnc2nc(-c3cc(Br)ccc3Cl)[nH]c2c1. The molecular formula is C13H7BrClN3O2. The van der Waals surface area contributed by atoms with E-state index in [0.29, 0.717) is 22.0 Å². The van der Waals surface area contributed by atoms with E-state index in [-0.39, 0.29) is 5.56 Å². The third kappa shape index (κ3) is 2.28. The Morgan fingerprint density at radius 1 is 1.35 bits per heavy atom. The van der Waals surface area contributed by atoms with E-state index in [2.05, 4.69) is 30.9 Å². The second-order valence-electron chi connectivity index (χ2n) is 4.11. The first-order valence-corrected chi connectivity index (χ1v) is 6.76. The number of imidazole rings is 1. The molecule has 5 nitrogen and oxygen atoms in total. The summed E-state index contributed by atoms with van der Waals surface area (Å²) in [5.74, 6) is -0.489. The minimum absolute atomic E-state index is 0.105. The molecule has 0 amide bonds. The van der Waals surface area contributed by atoms with Gasteiger partial charge in [0, 0.05) is 16.2 Å². The molecule has 7 heteroatoms. The lowest BCUT2D eigenvalue weighted by Crippen LogP contribution is -1.96. The predicted molar refractivity (Wildman–Crippen MR) is 79.0 cm³/mol. The van der Waals surface area contributed by atoms with E-state index in [1.165, 1.54) is 12.3 Å². The van der Waals surface area contributed by atoms with E-state index in [4.69, 9.17) is 16.7 Å². The topological polar surface area (TPSA) is 78.9 Å². The number of carbonyl (C=O) groups is 1. The van der Waals surface area contributed by atoms with E-state index in [0.717, 1.165) is 10.0 Å². The summed E-state index contributed by atoms with van der Waals surface area (Å²) in [5.41, 5.74) is 1.82. The average Bonchev–Trinajstić information content (AvgIpc) is 2.83. The highest BCUT2D eigenvalue weighted by molar-refractivity contribution is 9.10. The molecule has 0 unspecified atom stereocenters. The van der Waals surface area contributed by atoms with Crippen LogP contribution in [0.15, 0.2) is 34.9 Å². The Morgan fingerprint density at radius 2 is 2.15 bits per heavy atom. The van der Waals surface area contributed by atoms with Gasteiger partial charge in [-0.15, -0.1) is 0 Å². The van der Waals surface area contributed by atoms with Gasteiger partial charge < -0.3 is 10.1 Å². The predicted octanol–water partition coefficient (Wildman–Crippen LogP) is 3.74. The fraction of sp³-hybridized carbons (Fsp3) is 0. The molecule has 2 N–H and O–H groups in total. The zero-order chi connectivity index (χ0) is 14.3. The first-order chi connectivity index (χ1) is 9.54. The molecule has 0 atom stereocenters. The average molecular weight is 353 g/mol. The molecule has 0 spiro atoms. The number of halogens is 2. The first kappa shape index (κ1) is 13.1. The van der Waals surface area contributed by atoms with Crippen molar-refractivity contribution in [3.05, 3.63) is 45.5 Å². The zero-order valence-electron chi connectivity index (χ0n) is 9.89. The Bertz CT molecular complexity index is 832. The van der Waals surface area contributed by atoms with Gasteiger partial charge in [-0.3, -0.25) is 0 Å². The van der Waals surface area contributed by atoms with E-state index >= 15 is 0 Å². The Morgan fingerprint density at radius 3 is 2.90 bits per heavy atom. The molecule has 0 aliphatic heterocycles. The highest BCUT2D eigenvalue weighted by Gasteiger charge is 2.12. The summed E-state index contributed by atoms with van der Waals surface area (Å²) in [7, 11) is 0. The third-order valence-electron chi connectivity index (χ3n) is 2.77. The molecule has 100 valence electrons. The van der Waals surface area contributed by atoms with Crippen LogP contribution < -0.4 is 0 Å². The summed E-state index contributed by atoms with van der Waals surface area (Å²) in [6, 6.07) is 6.91. The lowest BCUT2D eigenvalue weighted by atomic mass is 10.2. The van der Waals surface area contributed by atoms with Gasteiger partial charge in [0.2, 0.25) is 0 Å². The van der Waals surface area contributed by atoms with Gasteiger partial charge in [0.1, 0.15) is 5.82 Å². The number of hydrogen-bond donors (Lipinski definition) is 2. The quantitative estimate of drug-likeness (QED) is 0.736. The molecule has 0 aliphatic carbocycles. The maximum atomic E-state index is 10.9. The Kier molecular flexibility index (Phi) is 3.19. The summed E-state index contributed by atoms with van der Waals surface area (Å²) in [5, 5.41) is 9.49. The summed E-state index contributed by atoms with van der Waals surface area (Å²) in [6.07, 6.45) is 1.28. The van der Waals surface area contributed by atoms with Gasteiger partial charge in [-0.1, -0.05) is 27.5 Å². The van der Waals surface area contributed by atoms with Crippen LogP contribution >= 0.6 is 27.5 Å². The van der Waals surface area contributed by atoms with Crippen molar-refractivity contribution in [1.82, 2.24) is 15.0 Å². The molecule has 2 aromatic heterocycles.